The lowest BCUT2D eigenvalue weighted by Gasteiger charge is -2.59. The fourth-order valence-corrected chi connectivity index (χ4v) is 13.2. The fraction of sp³-hybridized carbons (Fsp3) is 0.646. The molecule has 0 spiro atoms. The number of esters is 1. The number of nitrogens with one attached hydrogen (secondary N) is 2. The highest BCUT2D eigenvalue weighted by Gasteiger charge is 2.68. The van der Waals surface area contributed by atoms with Crippen LogP contribution in [0.4, 0.5) is 10.1 Å². The number of piperidine rings is 1. The number of carbonyl (C=O) groups excluding carboxylic acids is 4. The number of hydrogen-bond donors (Lipinski definition) is 4. The number of ketones is 2. The van der Waals surface area contributed by atoms with Crippen molar-refractivity contribution in [3.63, 3.8) is 0 Å². The van der Waals surface area contributed by atoms with Gasteiger partial charge in [-0.15, -0.1) is 0 Å². The smallest absolute Gasteiger partial charge is 0.306 e. The highest BCUT2D eigenvalue weighted by molar-refractivity contribution is 6.01. The number of aliphatic hydroxyl groups is 2. The Morgan fingerprint density at radius 1 is 1.06 bits per heavy atom. The molecule has 9 rings (SSSR count). The number of aliphatic hydroxyl groups excluding tert-OH is 1. The van der Waals surface area contributed by atoms with Crippen LogP contribution in [-0.2, 0) is 19.1 Å². The van der Waals surface area contributed by atoms with Crippen LogP contribution in [0.2, 0.25) is 0 Å². The van der Waals surface area contributed by atoms with E-state index in [4.69, 9.17) is 9.47 Å². The molecule has 4 saturated carbocycles. The van der Waals surface area contributed by atoms with E-state index < -0.39 is 58.0 Å². The number of ether oxygens (including phenoxy) is 2. The number of hydrogen-bond acceptors (Lipinski definition) is 11. The summed E-state index contributed by atoms with van der Waals surface area (Å²) in [6.45, 7) is 9.89. The second-order valence-electron chi connectivity index (χ2n) is 20.5. The lowest BCUT2D eigenvalue weighted by Crippen LogP contribution is -2.61. The van der Waals surface area contributed by atoms with Crippen molar-refractivity contribution in [2.24, 2.45) is 34.0 Å². The first-order valence-corrected chi connectivity index (χ1v) is 22.7. The molecule has 14 heteroatoms. The first kappa shape index (κ1) is 42.9. The largest absolute Gasteiger partial charge is 0.492 e. The molecule has 0 unspecified atom stereocenters. The Kier molecular flexibility index (Phi) is 10.5. The standard InChI is InChI=1S/C48H61FN4O9/c1-44-15-7-19-51-47(44,4)26-52(25-44)40-34(49)21-31-39(42(40)61-5)53(28-10-11-28)23-32(41(31)58)43(59)50-18-6-8-37(57)62-24-36(56)48(60)17-14-33-30-12-9-27-20-29(54)13-16-45(27,2)38(30)35(55)22-46(33,48)3/h13,16,20-21,23,28,30,33,35,38,51,55,60H,6-12,14-15,17-19,22,24-26H2,1-5H3,(H,50,59)/t30-,33-,35-,38+,44+,45-,46-,47-,48-/m1/s1. The Morgan fingerprint density at radius 2 is 1.84 bits per heavy atom. The summed E-state index contributed by atoms with van der Waals surface area (Å²) in [7, 11) is 1.48. The Bertz CT molecular complexity index is 2350. The van der Waals surface area contributed by atoms with E-state index in [1.54, 1.807) is 12.2 Å². The number of Topliss-reactive ketones (excluding diaryl/α,β-unsaturated/α-hetero) is 1. The normalized spacial score (nSPS) is 36.0. The van der Waals surface area contributed by atoms with Crippen LogP contribution in [0.3, 0.4) is 0 Å². The number of rotatable bonds is 11. The number of allylic oxidation sites excluding steroid dienone is 4. The molecule has 2 aliphatic heterocycles. The predicted molar refractivity (Wildman–Crippen MR) is 229 cm³/mol. The summed E-state index contributed by atoms with van der Waals surface area (Å²) in [4.78, 5) is 68.3. The molecular formula is C48H61FN4O9. The Labute approximate surface area is 361 Å². The van der Waals surface area contributed by atoms with E-state index in [-0.39, 0.29) is 89.5 Å². The second kappa shape index (κ2) is 15.1. The zero-order valence-electron chi connectivity index (χ0n) is 36.6. The molecule has 2 saturated heterocycles. The summed E-state index contributed by atoms with van der Waals surface area (Å²) < 4.78 is 29.5. The van der Waals surface area contributed by atoms with Crippen LogP contribution in [0.1, 0.15) is 115 Å². The van der Waals surface area contributed by atoms with E-state index in [0.717, 1.165) is 44.2 Å². The molecule has 1 aromatic heterocycles. The number of fused-ring (bicyclic) bond motifs is 7. The average molecular weight is 857 g/mol. The number of benzene rings is 1. The molecule has 0 bridgehead atoms. The number of anilines is 1. The van der Waals surface area contributed by atoms with Crippen LogP contribution in [0.25, 0.3) is 10.9 Å². The summed E-state index contributed by atoms with van der Waals surface area (Å²) >= 11 is 0. The predicted octanol–water partition coefficient (Wildman–Crippen LogP) is 5.08. The zero-order valence-corrected chi connectivity index (χ0v) is 36.6. The van der Waals surface area contributed by atoms with Gasteiger partial charge in [-0.3, -0.25) is 24.0 Å². The van der Waals surface area contributed by atoms with E-state index in [2.05, 4.69) is 31.4 Å². The van der Waals surface area contributed by atoms with Gasteiger partial charge in [0.15, 0.2) is 24.0 Å². The molecule has 2 aromatic rings. The van der Waals surface area contributed by atoms with E-state index >= 15 is 4.39 Å². The van der Waals surface area contributed by atoms with Crippen molar-refractivity contribution >= 4 is 40.0 Å². The quantitative estimate of drug-likeness (QED) is 0.175. The van der Waals surface area contributed by atoms with Crippen molar-refractivity contribution in [3.8, 4) is 5.75 Å². The van der Waals surface area contributed by atoms with Gasteiger partial charge in [-0.05, 0) is 108 Å². The van der Waals surface area contributed by atoms with Crippen molar-refractivity contribution in [3.05, 3.63) is 57.7 Å². The van der Waals surface area contributed by atoms with Crippen molar-refractivity contribution in [1.29, 1.82) is 0 Å². The number of amides is 1. The summed E-state index contributed by atoms with van der Waals surface area (Å²) in [5.41, 5.74) is -2.41. The number of nitrogens with zero attached hydrogens (tertiary/aromatic N) is 2. The van der Waals surface area contributed by atoms with Crippen molar-refractivity contribution in [2.45, 2.75) is 122 Å². The molecule has 6 fully saturated rings. The third kappa shape index (κ3) is 6.51. The van der Waals surface area contributed by atoms with Gasteiger partial charge in [0.25, 0.3) is 5.91 Å². The first-order valence-electron chi connectivity index (χ1n) is 22.7. The van der Waals surface area contributed by atoms with Gasteiger partial charge < -0.3 is 39.8 Å². The van der Waals surface area contributed by atoms with Gasteiger partial charge in [0, 0.05) is 66.0 Å². The third-order valence-corrected chi connectivity index (χ3v) is 17.0. The second-order valence-corrected chi connectivity index (χ2v) is 20.5. The summed E-state index contributed by atoms with van der Waals surface area (Å²) in [5, 5.41) is 30.1. The number of halogens is 1. The molecule has 9 atom stereocenters. The highest BCUT2D eigenvalue weighted by atomic mass is 19.1. The van der Waals surface area contributed by atoms with E-state index in [0.29, 0.717) is 37.1 Å². The minimum atomic E-state index is -1.78. The topological polar surface area (TPSA) is 176 Å². The molecule has 1 amide bonds. The summed E-state index contributed by atoms with van der Waals surface area (Å²) in [6, 6.07) is 1.26. The van der Waals surface area contributed by atoms with Crippen molar-refractivity contribution < 1.29 is 43.3 Å². The fourth-order valence-electron chi connectivity index (χ4n) is 13.2. The molecule has 62 heavy (non-hydrogen) atoms. The Morgan fingerprint density at radius 3 is 2.56 bits per heavy atom. The van der Waals surface area contributed by atoms with Crippen molar-refractivity contribution in [2.75, 3.05) is 44.8 Å². The van der Waals surface area contributed by atoms with Gasteiger partial charge in [-0.2, -0.15) is 0 Å². The molecule has 0 radical (unpaired) electrons. The molecule has 334 valence electrons. The first-order chi connectivity index (χ1) is 29.4. The van der Waals surface area contributed by atoms with Crippen LogP contribution >= 0.6 is 0 Å². The number of carbonyl (C=O) groups is 4. The number of aromatic nitrogens is 1. The van der Waals surface area contributed by atoms with Gasteiger partial charge in [-0.1, -0.05) is 32.4 Å². The minimum absolute atomic E-state index is 0.0199. The molecule has 1 aromatic carbocycles. The maximum absolute atomic E-state index is 16.3. The van der Waals surface area contributed by atoms with E-state index in [1.807, 2.05) is 22.5 Å². The number of methoxy groups -OCH3 is 1. The zero-order chi connectivity index (χ0) is 44.1. The van der Waals surface area contributed by atoms with Crippen LogP contribution in [0.15, 0.2) is 40.9 Å². The van der Waals surface area contributed by atoms with E-state index in [1.165, 1.54) is 19.4 Å². The van der Waals surface area contributed by atoms with Crippen LogP contribution < -0.4 is 25.7 Å². The van der Waals surface area contributed by atoms with Gasteiger partial charge >= 0.3 is 5.97 Å². The maximum atomic E-state index is 16.3. The van der Waals surface area contributed by atoms with Crippen LogP contribution in [0.5, 0.6) is 5.75 Å². The molecule has 5 aliphatic carbocycles. The minimum Gasteiger partial charge on any atom is -0.492 e. The monoisotopic (exact) mass is 856 g/mol. The Balaban J connectivity index is 0.829. The SMILES string of the molecule is COc1c(N2C[C@]3(C)CCCN[C@]3(C)C2)c(F)cc2c(=O)c(C(=O)NCCCC(=O)OCC(=O)[C@]3(O)CC[C@@H]4[C@H]5CCC6=CC(=O)C=C[C@@]6(C)[C@@H]5[C@H](O)C[C@]43C)cn(C3CC3)c12. The highest BCUT2D eigenvalue weighted by Crippen LogP contribution is 2.67. The van der Waals surface area contributed by atoms with Crippen molar-refractivity contribution in [1.82, 2.24) is 15.2 Å². The van der Waals surface area contributed by atoms with Gasteiger partial charge in [0.1, 0.15) is 16.9 Å². The Hall–Kier alpha value is -4.40. The van der Waals surface area contributed by atoms with Crippen LogP contribution in [0, 0.1) is 39.8 Å². The van der Waals surface area contributed by atoms with Gasteiger partial charge in [0.2, 0.25) is 11.2 Å². The summed E-state index contributed by atoms with van der Waals surface area (Å²) in [6.07, 6.45) is 12.2. The molecule has 7 aliphatic rings. The third-order valence-electron chi connectivity index (χ3n) is 17.0. The molecular weight excluding hydrogens is 796 g/mol. The van der Waals surface area contributed by atoms with Gasteiger partial charge in [-0.25, -0.2) is 4.39 Å². The molecule has 13 nitrogen and oxygen atoms in total. The lowest BCUT2D eigenvalue weighted by molar-refractivity contribution is -0.181. The summed E-state index contributed by atoms with van der Waals surface area (Å²) in [5.74, 6) is -2.40. The lowest BCUT2D eigenvalue weighted by atomic mass is 9.46. The molecule has 4 N–H and O–H groups in total. The average Bonchev–Trinajstić information content (AvgIpc) is 3.98. The van der Waals surface area contributed by atoms with Gasteiger partial charge in [0.05, 0.1) is 24.1 Å². The van der Waals surface area contributed by atoms with E-state index in [9.17, 15) is 34.2 Å². The van der Waals surface area contributed by atoms with Crippen LogP contribution in [-0.4, -0.2) is 95.4 Å². The molecule has 3 heterocycles. The maximum Gasteiger partial charge on any atom is 0.306 e. The number of pyridine rings is 1.